The molecule has 1 saturated carbocycles. The van der Waals surface area contributed by atoms with E-state index in [9.17, 15) is 13.2 Å². The van der Waals surface area contributed by atoms with Gasteiger partial charge in [-0.05, 0) is 35.7 Å². The van der Waals surface area contributed by atoms with Gasteiger partial charge in [0.15, 0.2) is 14.6 Å². The number of sulfone groups is 1. The lowest BCUT2D eigenvalue weighted by molar-refractivity contribution is -0.132. The van der Waals surface area contributed by atoms with Crippen molar-refractivity contribution in [2.75, 3.05) is 0 Å². The van der Waals surface area contributed by atoms with Crippen LogP contribution in [0.25, 0.3) is 10.8 Å². The van der Waals surface area contributed by atoms with E-state index >= 15 is 0 Å². The lowest BCUT2D eigenvalue weighted by Gasteiger charge is -2.34. The lowest BCUT2D eigenvalue weighted by atomic mass is 9.88. The van der Waals surface area contributed by atoms with Crippen molar-refractivity contribution in [2.24, 2.45) is 0 Å². The fourth-order valence-corrected chi connectivity index (χ4v) is 5.50. The maximum absolute atomic E-state index is 13.2. The van der Waals surface area contributed by atoms with E-state index < -0.39 is 20.5 Å². The van der Waals surface area contributed by atoms with Crippen molar-refractivity contribution < 1.29 is 18.4 Å². The van der Waals surface area contributed by atoms with Crippen LogP contribution in [-0.4, -0.2) is 24.3 Å². The molecule has 0 radical (unpaired) electrons. The predicted molar refractivity (Wildman–Crippen MR) is 107 cm³/mol. The molecule has 2 N–H and O–H groups in total. The van der Waals surface area contributed by atoms with Crippen LogP contribution in [0.3, 0.4) is 0 Å². The second-order valence-corrected chi connectivity index (χ2v) is 9.27. The summed E-state index contributed by atoms with van der Waals surface area (Å²) in [6.45, 7) is 4.36. The maximum Gasteiger partial charge on any atom is 0.265 e. The molecule has 0 atom stereocenters. The van der Waals surface area contributed by atoms with E-state index in [1.807, 2.05) is 24.3 Å². The van der Waals surface area contributed by atoms with Crippen LogP contribution in [0.4, 0.5) is 0 Å². The van der Waals surface area contributed by atoms with Gasteiger partial charge in [0.05, 0.1) is 4.90 Å². The van der Waals surface area contributed by atoms with Gasteiger partial charge in [0, 0.05) is 0 Å². The third-order valence-corrected chi connectivity index (χ3v) is 7.72. The molecule has 3 rings (SSSR count). The summed E-state index contributed by atoms with van der Waals surface area (Å²) in [6, 6.07) is 12.4. The summed E-state index contributed by atoms with van der Waals surface area (Å²) in [6.07, 6.45) is 5.30. The highest BCUT2D eigenvalue weighted by molar-refractivity contribution is 7.93. The van der Waals surface area contributed by atoms with E-state index in [4.69, 9.17) is 5.21 Å². The van der Waals surface area contributed by atoms with Crippen LogP contribution < -0.4 is 5.48 Å². The SMILES string of the molecule is CCCC.O=C(NO)C1(S(=O)(=O)c2ccc3ccccc3c2)CCCCC1. The molecular weight excluding hydrogens is 362 g/mol. The minimum absolute atomic E-state index is 0.127. The molecule has 1 aliphatic carbocycles. The van der Waals surface area contributed by atoms with Crippen molar-refractivity contribution >= 4 is 26.5 Å². The number of hydrogen-bond acceptors (Lipinski definition) is 4. The molecule has 6 heteroatoms. The first kappa shape index (κ1) is 21.4. The summed E-state index contributed by atoms with van der Waals surface area (Å²) in [5.41, 5.74) is 1.57. The molecule has 0 aliphatic heterocycles. The van der Waals surface area contributed by atoms with E-state index in [0.717, 1.165) is 17.2 Å². The van der Waals surface area contributed by atoms with E-state index in [-0.39, 0.29) is 17.7 Å². The number of fused-ring (bicyclic) bond motifs is 1. The zero-order chi connectivity index (χ0) is 19.9. The van der Waals surface area contributed by atoms with Gasteiger partial charge in [-0.2, -0.15) is 0 Å². The van der Waals surface area contributed by atoms with Crippen molar-refractivity contribution in [1.29, 1.82) is 0 Å². The highest BCUT2D eigenvalue weighted by Gasteiger charge is 2.51. The highest BCUT2D eigenvalue weighted by atomic mass is 32.2. The molecule has 1 amide bonds. The Hall–Kier alpha value is -1.92. The van der Waals surface area contributed by atoms with Crippen LogP contribution in [0.1, 0.15) is 58.8 Å². The van der Waals surface area contributed by atoms with Crippen molar-refractivity contribution in [3.63, 3.8) is 0 Å². The first-order valence-electron chi connectivity index (χ1n) is 9.61. The van der Waals surface area contributed by atoms with Crippen LogP contribution in [0, 0.1) is 0 Å². The van der Waals surface area contributed by atoms with E-state index in [2.05, 4.69) is 13.8 Å². The molecule has 5 nitrogen and oxygen atoms in total. The first-order chi connectivity index (χ1) is 12.9. The number of hydroxylamine groups is 1. The second kappa shape index (κ2) is 9.33. The number of amides is 1. The number of carbonyl (C=O) groups is 1. The average Bonchev–Trinajstić information content (AvgIpc) is 2.73. The van der Waals surface area contributed by atoms with Gasteiger partial charge in [-0.15, -0.1) is 0 Å². The Morgan fingerprint density at radius 3 is 2.15 bits per heavy atom. The average molecular weight is 392 g/mol. The Morgan fingerprint density at radius 1 is 1.00 bits per heavy atom. The van der Waals surface area contributed by atoms with E-state index in [1.54, 1.807) is 23.7 Å². The van der Waals surface area contributed by atoms with Crippen molar-refractivity contribution in [2.45, 2.75) is 68.4 Å². The van der Waals surface area contributed by atoms with Gasteiger partial charge in [0.2, 0.25) is 0 Å². The molecule has 1 fully saturated rings. The van der Waals surface area contributed by atoms with Gasteiger partial charge in [-0.3, -0.25) is 10.0 Å². The monoisotopic (exact) mass is 391 g/mol. The van der Waals surface area contributed by atoms with Gasteiger partial charge in [0.1, 0.15) is 0 Å². The second-order valence-electron chi connectivity index (χ2n) is 7.01. The molecule has 0 saturated heterocycles. The van der Waals surface area contributed by atoms with Crippen molar-refractivity contribution in [3.8, 4) is 0 Å². The molecule has 148 valence electrons. The molecule has 0 bridgehead atoms. The third-order valence-electron chi connectivity index (χ3n) is 5.22. The highest BCUT2D eigenvalue weighted by Crippen LogP contribution is 2.39. The quantitative estimate of drug-likeness (QED) is 0.588. The van der Waals surface area contributed by atoms with Crippen LogP contribution in [0.5, 0.6) is 0 Å². The van der Waals surface area contributed by atoms with E-state index in [0.29, 0.717) is 12.8 Å². The Bertz CT molecular complexity index is 869. The Morgan fingerprint density at radius 2 is 1.59 bits per heavy atom. The first-order valence-corrected chi connectivity index (χ1v) is 11.1. The zero-order valence-corrected chi connectivity index (χ0v) is 16.9. The topological polar surface area (TPSA) is 83.5 Å². The molecule has 0 aromatic heterocycles. The molecule has 2 aromatic carbocycles. The molecular formula is C21H29NO4S. The van der Waals surface area contributed by atoms with Crippen LogP contribution in [0.15, 0.2) is 47.4 Å². The Balaban J connectivity index is 0.000000596. The van der Waals surface area contributed by atoms with Crippen molar-refractivity contribution in [1.82, 2.24) is 5.48 Å². The number of hydrogen-bond donors (Lipinski definition) is 2. The molecule has 27 heavy (non-hydrogen) atoms. The summed E-state index contributed by atoms with van der Waals surface area (Å²) < 4.78 is 24.8. The normalized spacial score (nSPS) is 16.3. The van der Waals surface area contributed by atoms with Gasteiger partial charge < -0.3 is 0 Å². The number of unbranched alkanes of at least 4 members (excludes halogenated alkanes) is 1. The maximum atomic E-state index is 13.2. The van der Waals surface area contributed by atoms with Crippen LogP contribution >= 0.6 is 0 Å². The number of nitrogens with one attached hydrogen (secondary N) is 1. The Labute approximate surface area is 161 Å². The minimum Gasteiger partial charge on any atom is -0.289 e. The minimum atomic E-state index is -3.90. The zero-order valence-electron chi connectivity index (χ0n) is 16.1. The Kier molecular flexibility index (Phi) is 7.39. The number of benzene rings is 2. The van der Waals surface area contributed by atoms with E-state index in [1.165, 1.54) is 12.8 Å². The molecule has 0 unspecified atom stereocenters. The van der Waals surface area contributed by atoms with Crippen LogP contribution in [-0.2, 0) is 14.6 Å². The van der Waals surface area contributed by atoms with Crippen molar-refractivity contribution in [3.05, 3.63) is 42.5 Å². The fraction of sp³-hybridized carbons (Fsp3) is 0.476. The van der Waals surface area contributed by atoms with Gasteiger partial charge in [0.25, 0.3) is 5.91 Å². The lowest BCUT2D eigenvalue weighted by Crippen LogP contribution is -2.52. The molecule has 0 spiro atoms. The van der Waals surface area contributed by atoms with Gasteiger partial charge in [-0.1, -0.05) is 76.3 Å². The summed E-state index contributed by atoms with van der Waals surface area (Å²) in [4.78, 5) is 12.4. The summed E-state index contributed by atoms with van der Waals surface area (Å²) in [5, 5.41) is 10.8. The van der Waals surface area contributed by atoms with Gasteiger partial charge in [-0.25, -0.2) is 13.9 Å². The summed E-state index contributed by atoms with van der Waals surface area (Å²) in [5.74, 6) is -0.828. The smallest absolute Gasteiger partial charge is 0.265 e. The molecule has 0 heterocycles. The number of rotatable bonds is 4. The molecule has 1 aliphatic rings. The van der Waals surface area contributed by atoms with Crippen LogP contribution in [0.2, 0.25) is 0 Å². The fourth-order valence-electron chi connectivity index (χ4n) is 3.40. The molecule has 2 aromatic rings. The number of carbonyl (C=O) groups excluding carboxylic acids is 1. The summed E-state index contributed by atoms with van der Waals surface area (Å²) >= 11 is 0. The summed E-state index contributed by atoms with van der Waals surface area (Å²) in [7, 11) is -3.90. The predicted octanol–water partition coefficient (Wildman–Crippen LogP) is 4.63. The largest absolute Gasteiger partial charge is 0.289 e. The van der Waals surface area contributed by atoms with Gasteiger partial charge >= 0.3 is 0 Å². The third kappa shape index (κ3) is 4.33. The standard InChI is InChI=1S/C17H19NO4S.C4H10/c19-16(18-20)17(10-4-1-5-11-17)23(21,22)15-9-8-13-6-2-3-7-14(13)12-15;1-3-4-2/h2-3,6-9,12,20H,1,4-5,10-11H2,(H,18,19);3-4H2,1-2H3.